The van der Waals surface area contributed by atoms with Crippen LogP contribution in [-0.2, 0) is 11.0 Å². The molecule has 0 bridgehead atoms. The van der Waals surface area contributed by atoms with Crippen LogP contribution in [0.25, 0.3) is 11.0 Å². The van der Waals surface area contributed by atoms with Crippen molar-refractivity contribution < 1.29 is 18.0 Å². The van der Waals surface area contributed by atoms with Crippen molar-refractivity contribution in [2.24, 2.45) is 5.92 Å². The zero-order valence-corrected chi connectivity index (χ0v) is 16.5. The van der Waals surface area contributed by atoms with Gasteiger partial charge in [0.15, 0.2) is 11.5 Å². The summed E-state index contributed by atoms with van der Waals surface area (Å²) in [6.45, 7) is 0.484. The number of amides is 1. The molecular formula is C21H18ClF3N4O. The number of piperidine rings is 1. The predicted octanol–water partition coefficient (Wildman–Crippen LogP) is 5.16. The van der Waals surface area contributed by atoms with Gasteiger partial charge in [-0.3, -0.25) is 4.79 Å². The number of hydrogen-bond donors (Lipinski definition) is 1. The molecule has 1 amide bonds. The normalized spacial score (nSPS) is 17.2. The van der Waals surface area contributed by atoms with E-state index < -0.39 is 17.8 Å². The number of anilines is 2. The Kier molecular flexibility index (Phi) is 5.51. The summed E-state index contributed by atoms with van der Waals surface area (Å²) < 4.78 is 41.1. The lowest BCUT2D eigenvalue weighted by atomic mass is 9.96. The molecule has 0 spiro atoms. The van der Waals surface area contributed by atoms with Gasteiger partial charge in [0.25, 0.3) is 0 Å². The number of nitrogens with zero attached hydrogens (tertiary/aromatic N) is 3. The van der Waals surface area contributed by atoms with Gasteiger partial charge in [0, 0.05) is 13.1 Å². The van der Waals surface area contributed by atoms with Gasteiger partial charge in [-0.25, -0.2) is 9.97 Å². The highest BCUT2D eigenvalue weighted by Crippen LogP contribution is 2.37. The topological polar surface area (TPSA) is 58.1 Å². The number of rotatable bonds is 3. The largest absolute Gasteiger partial charge is 0.437 e. The van der Waals surface area contributed by atoms with Crippen molar-refractivity contribution in [1.82, 2.24) is 9.97 Å². The summed E-state index contributed by atoms with van der Waals surface area (Å²) in [4.78, 5) is 22.3. The lowest BCUT2D eigenvalue weighted by Gasteiger charge is -2.34. The Balaban J connectivity index is 1.62. The molecular weight excluding hydrogens is 417 g/mol. The molecule has 1 saturated heterocycles. The zero-order chi connectivity index (χ0) is 21.3. The van der Waals surface area contributed by atoms with Gasteiger partial charge in [-0.05, 0) is 37.1 Å². The number of nitrogens with one attached hydrogen (secondary N) is 1. The summed E-state index contributed by atoms with van der Waals surface area (Å²) in [6.07, 6.45) is -3.53. The van der Waals surface area contributed by atoms with Crippen LogP contribution in [0.5, 0.6) is 0 Å². The van der Waals surface area contributed by atoms with E-state index in [4.69, 9.17) is 11.6 Å². The van der Waals surface area contributed by atoms with Gasteiger partial charge < -0.3 is 10.2 Å². The number of hydrogen-bond acceptors (Lipinski definition) is 4. The minimum Gasteiger partial charge on any atom is -0.354 e. The Labute approximate surface area is 175 Å². The van der Waals surface area contributed by atoms with E-state index >= 15 is 0 Å². The SMILES string of the molecule is O=C(Nc1ccccc1Cl)C1CCCN(c2nc3ccccc3nc2C(F)(F)F)C1. The van der Waals surface area contributed by atoms with Crippen LogP contribution in [0.3, 0.4) is 0 Å². The molecule has 1 aliphatic rings. The third-order valence-electron chi connectivity index (χ3n) is 5.04. The van der Waals surface area contributed by atoms with E-state index in [0.29, 0.717) is 35.6 Å². The molecule has 0 aliphatic carbocycles. The first-order chi connectivity index (χ1) is 14.3. The molecule has 1 aromatic heterocycles. The second-order valence-electron chi connectivity index (χ2n) is 7.14. The summed E-state index contributed by atoms with van der Waals surface area (Å²) in [5.74, 6) is -1.02. The highest BCUT2D eigenvalue weighted by atomic mass is 35.5. The first kappa shape index (κ1) is 20.4. The lowest BCUT2D eigenvalue weighted by molar-refractivity contribution is -0.140. The number of benzene rings is 2. The maximum absolute atomic E-state index is 13.7. The predicted molar refractivity (Wildman–Crippen MR) is 110 cm³/mol. The fraction of sp³-hybridized carbons (Fsp3) is 0.286. The fourth-order valence-corrected chi connectivity index (χ4v) is 3.77. The van der Waals surface area contributed by atoms with Gasteiger partial charge >= 0.3 is 6.18 Å². The molecule has 1 unspecified atom stereocenters. The quantitative estimate of drug-likeness (QED) is 0.618. The molecule has 1 atom stereocenters. The molecule has 9 heteroatoms. The van der Waals surface area contributed by atoms with E-state index in [9.17, 15) is 18.0 Å². The van der Waals surface area contributed by atoms with Crippen molar-refractivity contribution in [3.05, 3.63) is 59.2 Å². The van der Waals surface area contributed by atoms with Gasteiger partial charge in [-0.15, -0.1) is 0 Å². The van der Waals surface area contributed by atoms with Crippen LogP contribution < -0.4 is 10.2 Å². The second-order valence-corrected chi connectivity index (χ2v) is 7.54. The van der Waals surface area contributed by atoms with Crippen molar-refractivity contribution >= 4 is 40.0 Å². The van der Waals surface area contributed by atoms with Crippen LogP contribution in [0.1, 0.15) is 18.5 Å². The number of aromatic nitrogens is 2. The third kappa shape index (κ3) is 4.18. The third-order valence-corrected chi connectivity index (χ3v) is 5.37. The first-order valence-electron chi connectivity index (χ1n) is 9.47. The number of carbonyl (C=O) groups excluding carboxylic acids is 1. The minimum absolute atomic E-state index is 0.117. The standard InChI is InChI=1S/C21H18ClF3N4O/c22-14-7-1-2-8-15(14)28-20(30)13-6-5-11-29(12-13)19-18(21(23,24)25)26-16-9-3-4-10-17(16)27-19/h1-4,7-10,13H,5-6,11-12H2,(H,28,30). The molecule has 5 nitrogen and oxygen atoms in total. The monoisotopic (exact) mass is 434 g/mol. The Morgan fingerprint density at radius 1 is 1.07 bits per heavy atom. The van der Waals surface area contributed by atoms with Crippen LogP contribution >= 0.6 is 11.6 Å². The molecule has 0 radical (unpaired) electrons. The Hall–Kier alpha value is -2.87. The average molecular weight is 435 g/mol. The average Bonchev–Trinajstić information content (AvgIpc) is 2.74. The molecule has 1 aliphatic heterocycles. The van der Waals surface area contributed by atoms with Crippen molar-refractivity contribution in [2.45, 2.75) is 19.0 Å². The molecule has 1 fully saturated rings. The highest BCUT2D eigenvalue weighted by Gasteiger charge is 2.40. The van der Waals surface area contributed by atoms with Crippen molar-refractivity contribution in [3.63, 3.8) is 0 Å². The maximum Gasteiger partial charge on any atom is 0.437 e. The Bertz CT molecular complexity index is 1090. The van der Waals surface area contributed by atoms with Crippen LogP contribution in [0.2, 0.25) is 5.02 Å². The summed E-state index contributed by atoms with van der Waals surface area (Å²) in [6, 6.07) is 13.3. The molecule has 156 valence electrons. The van der Waals surface area contributed by atoms with E-state index in [1.165, 1.54) is 11.0 Å². The zero-order valence-electron chi connectivity index (χ0n) is 15.8. The number of carbonyl (C=O) groups is 1. The highest BCUT2D eigenvalue weighted by molar-refractivity contribution is 6.33. The lowest BCUT2D eigenvalue weighted by Crippen LogP contribution is -2.42. The molecule has 2 aromatic carbocycles. The van der Waals surface area contributed by atoms with Gasteiger partial charge in [0.05, 0.1) is 27.7 Å². The van der Waals surface area contributed by atoms with E-state index in [-0.39, 0.29) is 23.8 Å². The Morgan fingerprint density at radius 2 is 1.73 bits per heavy atom. The number of fused-ring (bicyclic) bond motifs is 1. The first-order valence-corrected chi connectivity index (χ1v) is 9.85. The molecule has 3 aromatic rings. The van der Waals surface area contributed by atoms with Crippen molar-refractivity contribution in [2.75, 3.05) is 23.3 Å². The van der Waals surface area contributed by atoms with Crippen LogP contribution in [0.4, 0.5) is 24.7 Å². The van der Waals surface area contributed by atoms with Gasteiger partial charge in [0.1, 0.15) is 0 Å². The smallest absolute Gasteiger partial charge is 0.354 e. The number of alkyl halides is 3. The second kappa shape index (κ2) is 8.10. The van der Waals surface area contributed by atoms with E-state index in [0.717, 1.165) is 0 Å². The van der Waals surface area contributed by atoms with Crippen LogP contribution in [0.15, 0.2) is 48.5 Å². The summed E-state index contributed by atoms with van der Waals surface area (Å²) in [5.41, 5.74) is -0.00197. The maximum atomic E-state index is 13.7. The number of halogens is 4. The van der Waals surface area contributed by atoms with Gasteiger partial charge in [0.2, 0.25) is 5.91 Å². The fourth-order valence-electron chi connectivity index (χ4n) is 3.58. The van der Waals surface area contributed by atoms with Gasteiger partial charge in [-0.1, -0.05) is 35.9 Å². The molecule has 4 rings (SSSR count). The summed E-state index contributed by atoms with van der Waals surface area (Å²) >= 11 is 6.09. The molecule has 1 N–H and O–H groups in total. The van der Waals surface area contributed by atoms with E-state index in [1.807, 2.05) is 0 Å². The van der Waals surface area contributed by atoms with Crippen molar-refractivity contribution in [1.29, 1.82) is 0 Å². The molecule has 2 heterocycles. The van der Waals surface area contributed by atoms with E-state index in [2.05, 4.69) is 15.3 Å². The molecule has 0 saturated carbocycles. The summed E-state index contributed by atoms with van der Waals surface area (Å²) in [7, 11) is 0. The Morgan fingerprint density at radius 3 is 2.43 bits per heavy atom. The van der Waals surface area contributed by atoms with Crippen molar-refractivity contribution in [3.8, 4) is 0 Å². The van der Waals surface area contributed by atoms with Crippen LogP contribution in [0, 0.1) is 5.92 Å². The van der Waals surface area contributed by atoms with E-state index in [1.54, 1.807) is 42.5 Å². The molecule has 30 heavy (non-hydrogen) atoms. The van der Waals surface area contributed by atoms with Crippen LogP contribution in [-0.4, -0.2) is 29.0 Å². The number of para-hydroxylation sites is 3. The summed E-state index contributed by atoms with van der Waals surface area (Å²) in [5, 5.41) is 3.17. The minimum atomic E-state index is -4.65. The van der Waals surface area contributed by atoms with Gasteiger partial charge in [-0.2, -0.15) is 13.2 Å².